The predicted octanol–water partition coefficient (Wildman–Crippen LogP) is 4.08. The molecular weight excluding hydrogens is 320 g/mol. The van der Waals surface area contributed by atoms with Gasteiger partial charge in [0.25, 0.3) is 0 Å². The number of aromatic hydroxyl groups is 4. The Kier molecular flexibility index (Phi) is 4.49. The van der Waals surface area contributed by atoms with Crippen LogP contribution in [0.25, 0.3) is 0 Å². The fourth-order valence-electron chi connectivity index (χ4n) is 3.05. The molecule has 5 heteroatoms. The zero-order chi connectivity index (χ0) is 18.1. The Hall–Kier alpha value is -2.82. The van der Waals surface area contributed by atoms with Crippen LogP contribution in [-0.2, 0) is 12.8 Å². The van der Waals surface area contributed by atoms with Gasteiger partial charge in [-0.25, -0.2) is 0 Å². The molecule has 1 aliphatic heterocycles. The highest BCUT2D eigenvalue weighted by Crippen LogP contribution is 2.43. The van der Waals surface area contributed by atoms with Gasteiger partial charge in [0.15, 0.2) is 11.5 Å². The maximum absolute atomic E-state index is 10.1. The quantitative estimate of drug-likeness (QED) is 0.498. The molecule has 1 atom stereocenters. The van der Waals surface area contributed by atoms with Gasteiger partial charge in [-0.3, -0.25) is 0 Å². The van der Waals surface area contributed by atoms with E-state index in [1.165, 1.54) is 18.2 Å². The van der Waals surface area contributed by atoms with E-state index < -0.39 is 0 Å². The largest absolute Gasteiger partial charge is 0.508 e. The Balaban J connectivity index is 1.93. The van der Waals surface area contributed by atoms with Crippen LogP contribution in [0.5, 0.6) is 28.7 Å². The molecule has 0 spiro atoms. The summed E-state index contributed by atoms with van der Waals surface area (Å²) in [7, 11) is 0. The number of benzene rings is 2. The van der Waals surface area contributed by atoms with Crippen LogP contribution in [0.2, 0.25) is 0 Å². The van der Waals surface area contributed by atoms with Crippen LogP contribution < -0.4 is 4.74 Å². The highest BCUT2D eigenvalue weighted by Gasteiger charge is 2.25. The van der Waals surface area contributed by atoms with Gasteiger partial charge in [-0.1, -0.05) is 11.6 Å². The molecule has 132 valence electrons. The number of hydrogen-bond acceptors (Lipinski definition) is 5. The van der Waals surface area contributed by atoms with Crippen LogP contribution in [-0.4, -0.2) is 20.4 Å². The van der Waals surface area contributed by atoms with E-state index in [0.717, 1.165) is 11.1 Å². The second kappa shape index (κ2) is 6.59. The van der Waals surface area contributed by atoms with Gasteiger partial charge in [0.2, 0.25) is 0 Å². The molecule has 0 aliphatic carbocycles. The van der Waals surface area contributed by atoms with Crippen molar-refractivity contribution in [2.75, 3.05) is 0 Å². The Bertz CT molecular complexity index is 834. The van der Waals surface area contributed by atoms with Crippen molar-refractivity contribution in [1.29, 1.82) is 0 Å². The monoisotopic (exact) mass is 342 g/mol. The number of phenolic OH excluding ortho intramolecular Hbond substituents is 4. The Morgan fingerprint density at radius 1 is 1.08 bits per heavy atom. The van der Waals surface area contributed by atoms with Crippen LogP contribution in [0, 0.1) is 0 Å². The molecule has 1 heterocycles. The van der Waals surface area contributed by atoms with Crippen molar-refractivity contribution in [3.8, 4) is 28.7 Å². The molecule has 1 aliphatic rings. The molecule has 0 fully saturated rings. The Morgan fingerprint density at radius 2 is 1.84 bits per heavy atom. The van der Waals surface area contributed by atoms with E-state index >= 15 is 0 Å². The minimum atomic E-state index is -0.328. The van der Waals surface area contributed by atoms with Crippen molar-refractivity contribution in [2.24, 2.45) is 0 Å². The van der Waals surface area contributed by atoms with Crippen molar-refractivity contribution in [3.05, 3.63) is 52.6 Å². The van der Waals surface area contributed by atoms with Crippen LogP contribution in [0.1, 0.15) is 43.1 Å². The van der Waals surface area contributed by atoms with Crippen LogP contribution in [0.4, 0.5) is 0 Å². The molecule has 4 N–H and O–H groups in total. The smallest absolute Gasteiger partial charge is 0.161 e. The van der Waals surface area contributed by atoms with Crippen molar-refractivity contribution < 1.29 is 25.2 Å². The van der Waals surface area contributed by atoms with Gasteiger partial charge >= 0.3 is 0 Å². The fraction of sp³-hybridized carbons (Fsp3) is 0.300. The normalized spacial score (nSPS) is 16.0. The third-order valence-corrected chi connectivity index (χ3v) is 4.39. The van der Waals surface area contributed by atoms with Gasteiger partial charge in [-0.2, -0.15) is 0 Å². The Labute approximate surface area is 146 Å². The first-order chi connectivity index (χ1) is 11.8. The first kappa shape index (κ1) is 17.0. The Morgan fingerprint density at radius 3 is 2.56 bits per heavy atom. The zero-order valence-electron chi connectivity index (χ0n) is 14.3. The first-order valence-electron chi connectivity index (χ1n) is 8.24. The number of ether oxygens (including phenoxy) is 1. The van der Waals surface area contributed by atoms with Crippen LogP contribution in [0.15, 0.2) is 35.9 Å². The van der Waals surface area contributed by atoms with Crippen LogP contribution in [0.3, 0.4) is 0 Å². The standard InChI is InChI=1S/C20H22O5/c1-11(2)3-4-12-7-13(8-17(23)20(12)24)18-6-5-15-16(22)9-14(21)10-19(15)25-18/h3,7-10,18,21-24H,4-6H2,1-2H3. The molecule has 1 unspecified atom stereocenters. The fourth-order valence-corrected chi connectivity index (χ4v) is 3.05. The molecular formula is C20H22O5. The van der Waals surface area contributed by atoms with E-state index in [0.29, 0.717) is 36.1 Å². The zero-order valence-corrected chi connectivity index (χ0v) is 14.3. The third-order valence-electron chi connectivity index (χ3n) is 4.39. The van der Waals surface area contributed by atoms with Crippen molar-refractivity contribution in [2.45, 2.75) is 39.2 Å². The van der Waals surface area contributed by atoms with E-state index in [1.807, 2.05) is 26.0 Å². The summed E-state index contributed by atoms with van der Waals surface area (Å²) in [5, 5.41) is 39.7. The summed E-state index contributed by atoms with van der Waals surface area (Å²) in [6.45, 7) is 3.95. The molecule has 5 nitrogen and oxygen atoms in total. The third kappa shape index (κ3) is 3.50. The van der Waals surface area contributed by atoms with E-state index in [-0.39, 0.29) is 29.1 Å². The van der Waals surface area contributed by atoms with Crippen molar-refractivity contribution in [1.82, 2.24) is 0 Å². The number of allylic oxidation sites excluding steroid dienone is 2. The minimum absolute atomic E-state index is 0.0197. The lowest BCUT2D eigenvalue weighted by molar-refractivity contribution is 0.173. The average molecular weight is 342 g/mol. The summed E-state index contributed by atoms with van der Waals surface area (Å²) < 4.78 is 5.93. The molecule has 3 rings (SSSR count). The summed E-state index contributed by atoms with van der Waals surface area (Å²) >= 11 is 0. The van der Waals surface area contributed by atoms with E-state index in [9.17, 15) is 20.4 Å². The number of rotatable bonds is 3. The first-order valence-corrected chi connectivity index (χ1v) is 8.24. The van der Waals surface area contributed by atoms with Gasteiger partial charge in [-0.15, -0.1) is 0 Å². The minimum Gasteiger partial charge on any atom is -0.508 e. The van der Waals surface area contributed by atoms with Crippen molar-refractivity contribution >= 4 is 0 Å². The maximum atomic E-state index is 10.1. The lowest BCUT2D eigenvalue weighted by atomic mass is 9.94. The van der Waals surface area contributed by atoms with E-state index in [4.69, 9.17) is 4.74 Å². The highest BCUT2D eigenvalue weighted by molar-refractivity contribution is 5.52. The average Bonchev–Trinajstić information content (AvgIpc) is 2.55. The van der Waals surface area contributed by atoms with Crippen molar-refractivity contribution in [3.63, 3.8) is 0 Å². The molecule has 0 saturated heterocycles. The second-order valence-corrected chi connectivity index (χ2v) is 6.62. The number of hydrogen-bond donors (Lipinski definition) is 4. The number of fused-ring (bicyclic) bond motifs is 1. The highest BCUT2D eigenvalue weighted by atomic mass is 16.5. The molecule has 0 amide bonds. The molecule has 0 aromatic heterocycles. The van der Waals surface area contributed by atoms with Gasteiger partial charge < -0.3 is 25.2 Å². The van der Waals surface area contributed by atoms with Gasteiger partial charge in [-0.05, 0) is 50.8 Å². The van der Waals surface area contributed by atoms with Gasteiger partial charge in [0, 0.05) is 23.3 Å². The predicted molar refractivity (Wildman–Crippen MR) is 94.4 cm³/mol. The van der Waals surface area contributed by atoms with Gasteiger partial charge in [0.1, 0.15) is 23.4 Å². The summed E-state index contributed by atoms with van der Waals surface area (Å²) in [5.74, 6) is 0.101. The lowest BCUT2D eigenvalue weighted by Gasteiger charge is -2.27. The van der Waals surface area contributed by atoms with Gasteiger partial charge in [0.05, 0.1) is 0 Å². The molecule has 0 bridgehead atoms. The molecule has 2 aromatic rings. The summed E-state index contributed by atoms with van der Waals surface area (Å²) in [5.41, 5.74) is 3.17. The summed E-state index contributed by atoms with van der Waals surface area (Å²) in [6.07, 6.45) is 3.38. The second-order valence-electron chi connectivity index (χ2n) is 6.62. The SMILES string of the molecule is CC(C)=CCc1cc(C2CCc3c(O)cc(O)cc3O2)cc(O)c1O. The maximum Gasteiger partial charge on any atom is 0.161 e. The summed E-state index contributed by atoms with van der Waals surface area (Å²) in [6, 6.07) is 6.10. The number of phenols is 4. The molecule has 2 aromatic carbocycles. The lowest BCUT2D eigenvalue weighted by Crippen LogP contribution is -2.15. The molecule has 0 saturated carbocycles. The molecule has 25 heavy (non-hydrogen) atoms. The van der Waals surface area contributed by atoms with Crippen LogP contribution >= 0.6 is 0 Å². The van der Waals surface area contributed by atoms with E-state index in [1.54, 1.807) is 0 Å². The molecule has 0 radical (unpaired) electrons. The topological polar surface area (TPSA) is 90.2 Å². The van der Waals surface area contributed by atoms with E-state index in [2.05, 4.69) is 0 Å². The summed E-state index contributed by atoms with van der Waals surface area (Å²) in [4.78, 5) is 0.